The van der Waals surface area contributed by atoms with E-state index in [2.05, 4.69) is 4.98 Å². The largest absolute Gasteiger partial charge is 0.508 e. The van der Waals surface area contributed by atoms with Crippen molar-refractivity contribution in [1.82, 2.24) is 9.55 Å². The third kappa shape index (κ3) is 3.80. The van der Waals surface area contributed by atoms with E-state index in [0.717, 1.165) is 11.8 Å². The number of benzene rings is 2. The number of hydrogen-bond donors (Lipinski definition) is 2. The van der Waals surface area contributed by atoms with Crippen LogP contribution in [-0.2, 0) is 6.54 Å². The maximum absolute atomic E-state index is 13.6. The summed E-state index contributed by atoms with van der Waals surface area (Å²) in [5.41, 5.74) is 0.122. The van der Waals surface area contributed by atoms with Crippen molar-refractivity contribution in [2.75, 3.05) is 0 Å². The molecule has 3 heterocycles. The summed E-state index contributed by atoms with van der Waals surface area (Å²) in [4.78, 5) is 31.3. The summed E-state index contributed by atoms with van der Waals surface area (Å²) >= 11 is 0.920. The van der Waals surface area contributed by atoms with E-state index in [0.29, 0.717) is 21.5 Å². The fourth-order valence-electron chi connectivity index (χ4n) is 3.69. The van der Waals surface area contributed by atoms with Crippen LogP contribution < -0.4 is 11.2 Å². The van der Waals surface area contributed by atoms with Crippen LogP contribution >= 0.6 is 11.8 Å². The second-order valence-electron chi connectivity index (χ2n) is 7.71. The lowest BCUT2D eigenvalue weighted by Crippen LogP contribution is -2.23. The Kier molecular flexibility index (Phi) is 5.33. The summed E-state index contributed by atoms with van der Waals surface area (Å²) in [7, 11) is 0. The molecule has 0 aliphatic carbocycles. The van der Waals surface area contributed by atoms with Crippen LogP contribution in [0.2, 0.25) is 0 Å². The zero-order valence-corrected chi connectivity index (χ0v) is 18.6. The Bertz CT molecular complexity index is 1680. The van der Waals surface area contributed by atoms with Gasteiger partial charge in [-0.3, -0.25) is 9.36 Å². The molecule has 0 atom stereocenters. The molecule has 0 unspecified atom stereocenters. The highest BCUT2D eigenvalue weighted by Crippen LogP contribution is 2.37. The molecule has 7 nitrogen and oxygen atoms in total. The molecule has 5 rings (SSSR count). The zero-order valence-electron chi connectivity index (χ0n) is 17.8. The van der Waals surface area contributed by atoms with Crippen LogP contribution in [0.25, 0.3) is 22.0 Å². The van der Waals surface area contributed by atoms with Crippen molar-refractivity contribution in [1.29, 1.82) is 0 Å². The molecule has 0 aliphatic heterocycles. The first-order chi connectivity index (χ1) is 16.3. The van der Waals surface area contributed by atoms with Gasteiger partial charge in [-0.2, -0.15) is 0 Å². The van der Waals surface area contributed by atoms with Gasteiger partial charge in [-0.1, -0.05) is 23.9 Å². The molecule has 0 fully saturated rings. The van der Waals surface area contributed by atoms with E-state index in [9.17, 15) is 24.2 Å². The molecular formula is C25H17FN2O5S. The highest BCUT2D eigenvalue weighted by molar-refractivity contribution is 7.99. The minimum Gasteiger partial charge on any atom is -0.508 e. The normalized spacial score (nSPS) is 11.4. The highest BCUT2D eigenvalue weighted by Gasteiger charge is 2.23. The summed E-state index contributed by atoms with van der Waals surface area (Å²) in [5, 5.41) is 20.8. The number of pyridine rings is 2. The fourth-order valence-corrected chi connectivity index (χ4v) is 4.53. The summed E-state index contributed by atoms with van der Waals surface area (Å²) in [6.45, 7) is 1.84. The molecule has 0 radical (unpaired) electrons. The van der Waals surface area contributed by atoms with Gasteiger partial charge in [0.15, 0.2) is 11.3 Å². The van der Waals surface area contributed by atoms with Gasteiger partial charge in [0.25, 0.3) is 5.56 Å². The molecule has 0 bridgehead atoms. The van der Waals surface area contributed by atoms with E-state index in [1.807, 2.05) is 0 Å². The average Bonchev–Trinajstić information content (AvgIpc) is 2.81. The predicted octanol–water partition coefficient (Wildman–Crippen LogP) is 4.56. The maximum Gasteiger partial charge on any atom is 0.354 e. The Morgan fingerprint density at radius 1 is 1.00 bits per heavy atom. The number of phenolic OH excluding ortho intramolecular Hbond substituents is 1. The first-order valence-corrected chi connectivity index (χ1v) is 11.0. The van der Waals surface area contributed by atoms with Crippen molar-refractivity contribution in [3.63, 3.8) is 0 Å². The molecule has 3 aromatic heterocycles. The van der Waals surface area contributed by atoms with E-state index in [4.69, 9.17) is 4.42 Å². The third-order valence-corrected chi connectivity index (χ3v) is 6.42. The molecule has 0 saturated heterocycles. The van der Waals surface area contributed by atoms with Gasteiger partial charge in [-0.05, 0) is 61.0 Å². The summed E-state index contributed by atoms with van der Waals surface area (Å²) < 4.78 is 20.3. The molecular weight excluding hydrogens is 459 g/mol. The van der Waals surface area contributed by atoms with Crippen molar-refractivity contribution in [3.05, 3.63) is 98.5 Å². The number of phenols is 1. The summed E-state index contributed by atoms with van der Waals surface area (Å²) in [6, 6.07) is 15.1. The van der Waals surface area contributed by atoms with Crippen LogP contribution in [0.1, 0.15) is 11.3 Å². The molecule has 34 heavy (non-hydrogen) atoms. The summed E-state index contributed by atoms with van der Waals surface area (Å²) in [5.74, 6) is -0.842. The molecule has 170 valence electrons. The lowest BCUT2D eigenvalue weighted by molar-refractivity contribution is 0.446. The Balaban J connectivity index is 1.78. The molecule has 2 N–H and O–H groups in total. The number of fused-ring (bicyclic) bond motifs is 3. The van der Waals surface area contributed by atoms with Gasteiger partial charge in [-0.15, -0.1) is 0 Å². The predicted molar refractivity (Wildman–Crippen MR) is 126 cm³/mol. The standard InChI is InChI=1S/C25H17FN2O5S/c1-13-2-11-18-21-19(20(30)22(25(32)33-21)34-17-9-7-16(29)8-10-17)24(31)28(23(18)27-13)12-14-3-5-15(26)6-4-14/h2-11,29-30H,12H2,1H3. The van der Waals surface area contributed by atoms with Crippen molar-refractivity contribution < 1.29 is 19.0 Å². The van der Waals surface area contributed by atoms with Gasteiger partial charge in [0.05, 0.1) is 11.9 Å². The molecule has 0 aliphatic rings. The van der Waals surface area contributed by atoms with Gasteiger partial charge in [0.1, 0.15) is 27.5 Å². The van der Waals surface area contributed by atoms with Gasteiger partial charge in [-0.25, -0.2) is 14.2 Å². The first kappa shape index (κ1) is 21.7. The molecule has 9 heteroatoms. The SMILES string of the molecule is Cc1ccc2c3oc(=O)c(Sc4ccc(O)cc4)c(O)c3c(=O)n(Cc3ccc(F)cc3)c2n1. The van der Waals surface area contributed by atoms with Crippen molar-refractivity contribution in [2.24, 2.45) is 0 Å². The van der Waals surface area contributed by atoms with E-state index >= 15 is 0 Å². The number of rotatable bonds is 4. The molecule has 0 amide bonds. The molecule has 0 saturated carbocycles. The highest BCUT2D eigenvalue weighted by atomic mass is 32.2. The zero-order chi connectivity index (χ0) is 24.0. The van der Waals surface area contributed by atoms with E-state index in [1.54, 1.807) is 43.3 Å². The van der Waals surface area contributed by atoms with Crippen molar-refractivity contribution >= 4 is 33.8 Å². The third-order valence-electron chi connectivity index (χ3n) is 5.34. The van der Waals surface area contributed by atoms with Crippen molar-refractivity contribution in [3.8, 4) is 11.5 Å². The van der Waals surface area contributed by atoms with E-state index in [-0.39, 0.29) is 33.8 Å². The van der Waals surface area contributed by atoms with Crippen LogP contribution in [0.3, 0.4) is 0 Å². The van der Waals surface area contributed by atoms with Gasteiger partial charge in [0, 0.05) is 10.6 Å². The van der Waals surface area contributed by atoms with Crippen LogP contribution in [0.15, 0.2) is 84.5 Å². The second-order valence-corrected chi connectivity index (χ2v) is 8.79. The first-order valence-electron chi connectivity index (χ1n) is 10.2. The number of halogens is 1. The second kappa shape index (κ2) is 8.35. The number of nitrogens with zero attached hydrogens (tertiary/aromatic N) is 2. The average molecular weight is 476 g/mol. The molecule has 2 aromatic carbocycles. The Labute approximate surface area is 195 Å². The Morgan fingerprint density at radius 3 is 2.41 bits per heavy atom. The van der Waals surface area contributed by atoms with Crippen molar-refractivity contribution in [2.45, 2.75) is 23.3 Å². The van der Waals surface area contributed by atoms with Crippen LogP contribution in [-0.4, -0.2) is 19.8 Å². The fraction of sp³-hybridized carbons (Fsp3) is 0.0800. The lowest BCUT2D eigenvalue weighted by Gasteiger charge is -2.14. The van der Waals surface area contributed by atoms with E-state index in [1.165, 1.54) is 28.8 Å². The van der Waals surface area contributed by atoms with Crippen LogP contribution in [0.4, 0.5) is 4.39 Å². The Hall–Kier alpha value is -4.11. The van der Waals surface area contributed by atoms with Gasteiger partial charge < -0.3 is 14.6 Å². The monoisotopic (exact) mass is 476 g/mol. The van der Waals surface area contributed by atoms with Crippen LogP contribution in [0, 0.1) is 12.7 Å². The maximum atomic E-state index is 13.6. The smallest absolute Gasteiger partial charge is 0.354 e. The minimum atomic E-state index is -0.805. The molecule has 5 aromatic rings. The number of aromatic nitrogens is 2. The van der Waals surface area contributed by atoms with Gasteiger partial charge in [0.2, 0.25) is 0 Å². The topological polar surface area (TPSA) is 106 Å². The number of aryl methyl sites for hydroxylation is 1. The Morgan fingerprint density at radius 2 is 1.71 bits per heavy atom. The molecule has 0 spiro atoms. The summed E-state index contributed by atoms with van der Waals surface area (Å²) in [6.07, 6.45) is 0. The number of hydrogen-bond acceptors (Lipinski definition) is 7. The van der Waals surface area contributed by atoms with Gasteiger partial charge >= 0.3 is 5.63 Å². The lowest BCUT2D eigenvalue weighted by atomic mass is 10.1. The quantitative estimate of drug-likeness (QED) is 0.366. The number of aromatic hydroxyl groups is 2. The van der Waals surface area contributed by atoms with Crippen LogP contribution in [0.5, 0.6) is 11.5 Å². The van der Waals surface area contributed by atoms with E-state index < -0.39 is 22.8 Å². The minimum absolute atomic E-state index is 0.0528.